The first-order valence-electron chi connectivity index (χ1n) is 10.8. The van der Waals surface area contributed by atoms with E-state index in [0.717, 1.165) is 51.2 Å². The molecule has 6 heteroatoms. The van der Waals surface area contributed by atoms with E-state index < -0.39 is 5.92 Å². The lowest BCUT2D eigenvalue weighted by molar-refractivity contribution is -0.142. The second-order valence-electron chi connectivity index (χ2n) is 9.15. The molecule has 0 fully saturated rings. The van der Waals surface area contributed by atoms with E-state index in [0.29, 0.717) is 6.42 Å². The third-order valence-corrected chi connectivity index (χ3v) is 5.84. The maximum absolute atomic E-state index is 12.8. The van der Waals surface area contributed by atoms with Gasteiger partial charge in [0.15, 0.2) is 5.65 Å². The van der Waals surface area contributed by atoms with Gasteiger partial charge in [0.1, 0.15) is 0 Å². The number of esters is 1. The van der Waals surface area contributed by atoms with E-state index in [9.17, 15) is 4.79 Å². The molecular formula is C25H30N4O2. The van der Waals surface area contributed by atoms with Crippen molar-refractivity contribution in [1.82, 2.24) is 19.6 Å². The lowest BCUT2D eigenvalue weighted by Gasteiger charge is -2.21. The van der Waals surface area contributed by atoms with Gasteiger partial charge in [-0.15, -0.1) is 0 Å². The number of carbonyl (C=O) groups excluding carboxylic acids is 1. The summed E-state index contributed by atoms with van der Waals surface area (Å²) in [7, 11) is 1.45. The van der Waals surface area contributed by atoms with Crippen molar-refractivity contribution in [3.8, 4) is 11.3 Å². The Kier molecular flexibility index (Phi) is 5.33. The van der Waals surface area contributed by atoms with E-state index in [1.54, 1.807) is 0 Å². The van der Waals surface area contributed by atoms with E-state index >= 15 is 0 Å². The zero-order chi connectivity index (χ0) is 22.3. The minimum absolute atomic E-state index is 0.116. The average molecular weight is 419 g/mol. The molecule has 1 unspecified atom stereocenters. The van der Waals surface area contributed by atoms with Gasteiger partial charge < -0.3 is 9.72 Å². The fraction of sp³-hybridized carbons (Fsp3) is 0.400. The summed E-state index contributed by atoms with van der Waals surface area (Å²) in [5, 5.41) is 6.06. The van der Waals surface area contributed by atoms with Crippen LogP contribution in [0.4, 0.5) is 0 Å². The van der Waals surface area contributed by atoms with Gasteiger partial charge in [0, 0.05) is 45.4 Å². The van der Waals surface area contributed by atoms with Crippen LogP contribution in [0.25, 0.3) is 27.8 Å². The molecule has 3 heterocycles. The molecule has 3 aromatic heterocycles. The van der Waals surface area contributed by atoms with Crippen molar-refractivity contribution in [3.05, 3.63) is 53.5 Å². The Hall–Kier alpha value is -3.15. The number of nitrogens with zero attached hydrogens (tertiary/aromatic N) is 3. The van der Waals surface area contributed by atoms with Crippen LogP contribution in [0.15, 0.2) is 36.5 Å². The highest BCUT2D eigenvalue weighted by molar-refractivity contribution is 5.88. The quantitative estimate of drug-likeness (QED) is 0.432. The topological polar surface area (TPSA) is 72.3 Å². The summed E-state index contributed by atoms with van der Waals surface area (Å²) in [6.07, 6.45) is 3.48. The van der Waals surface area contributed by atoms with E-state index in [4.69, 9.17) is 14.8 Å². The van der Waals surface area contributed by atoms with Crippen LogP contribution >= 0.6 is 0 Å². The molecule has 1 atom stereocenters. The van der Waals surface area contributed by atoms with E-state index in [1.807, 2.05) is 23.7 Å². The molecule has 0 aliphatic carbocycles. The maximum Gasteiger partial charge on any atom is 0.313 e. The monoisotopic (exact) mass is 418 g/mol. The summed E-state index contributed by atoms with van der Waals surface area (Å²) in [6.45, 7) is 10.5. The second kappa shape index (κ2) is 7.84. The summed E-state index contributed by atoms with van der Waals surface area (Å²) in [5.41, 5.74) is 6.34. The number of benzene rings is 1. The molecule has 0 aliphatic rings. The molecule has 0 saturated carbocycles. The molecule has 4 rings (SSSR count). The van der Waals surface area contributed by atoms with Gasteiger partial charge in [-0.05, 0) is 31.5 Å². The van der Waals surface area contributed by atoms with Crippen LogP contribution < -0.4 is 0 Å². The Morgan fingerprint density at radius 2 is 2.00 bits per heavy atom. The summed E-state index contributed by atoms with van der Waals surface area (Å²) in [4.78, 5) is 20.9. The Morgan fingerprint density at radius 1 is 1.23 bits per heavy atom. The minimum Gasteiger partial charge on any atom is -0.469 e. The van der Waals surface area contributed by atoms with Gasteiger partial charge in [0.2, 0.25) is 0 Å². The number of rotatable bonds is 5. The number of hydrogen-bond donors (Lipinski definition) is 1. The van der Waals surface area contributed by atoms with Gasteiger partial charge in [-0.2, -0.15) is 5.10 Å². The number of fused-ring (bicyclic) bond motifs is 2. The second-order valence-corrected chi connectivity index (χ2v) is 9.15. The highest BCUT2D eigenvalue weighted by atomic mass is 16.5. The van der Waals surface area contributed by atoms with Crippen LogP contribution in [0.1, 0.15) is 63.4 Å². The van der Waals surface area contributed by atoms with E-state index in [-0.39, 0.29) is 11.4 Å². The molecule has 4 aromatic rings. The molecule has 1 aromatic carbocycles. The number of carbonyl (C=O) groups is 1. The molecule has 0 aliphatic heterocycles. The number of hydrogen-bond acceptors (Lipinski definition) is 4. The molecule has 31 heavy (non-hydrogen) atoms. The number of nitrogens with one attached hydrogen (secondary N) is 1. The van der Waals surface area contributed by atoms with Gasteiger partial charge in [-0.3, -0.25) is 4.79 Å². The van der Waals surface area contributed by atoms with Gasteiger partial charge in [-0.1, -0.05) is 40.2 Å². The van der Waals surface area contributed by atoms with Gasteiger partial charge in [0.05, 0.1) is 24.4 Å². The highest BCUT2D eigenvalue weighted by Gasteiger charge is 2.30. The number of aromatic nitrogens is 4. The lowest BCUT2D eigenvalue weighted by Crippen LogP contribution is -2.19. The van der Waals surface area contributed by atoms with Crippen LogP contribution in [-0.4, -0.2) is 32.7 Å². The smallest absolute Gasteiger partial charge is 0.313 e. The fourth-order valence-corrected chi connectivity index (χ4v) is 4.21. The molecule has 162 valence electrons. The SMILES string of the molecule is CCCC(C(=O)OC)c1c(C)nc2cc(C(C)(C)C)nn2c1-c1ccc2[nH]ccc2c1. The first-order chi connectivity index (χ1) is 14.7. The number of ether oxygens (including phenoxy) is 1. The van der Waals surface area contributed by atoms with Crippen molar-refractivity contribution < 1.29 is 9.53 Å². The van der Waals surface area contributed by atoms with Crippen molar-refractivity contribution >= 4 is 22.5 Å². The zero-order valence-corrected chi connectivity index (χ0v) is 19.1. The summed E-state index contributed by atoms with van der Waals surface area (Å²) in [5.74, 6) is -0.635. The number of aromatic amines is 1. The number of H-pyrrole nitrogens is 1. The minimum atomic E-state index is -0.397. The van der Waals surface area contributed by atoms with Crippen molar-refractivity contribution in [1.29, 1.82) is 0 Å². The van der Waals surface area contributed by atoms with Crippen molar-refractivity contribution in [2.75, 3.05) is 7.11 Å². The first kappa shape index (κ1) is 21.1. The summed E-state index contributed by atoms with van der Waals surface area (Å²) in [6, 6.07) is 10.4. The zero-order valence-electron chi connectivity index (χ0n) is 19.1. The van der Waals surface area contributed by atoms with Gasteiger partial charge >= 0.3 is 5.97 Å². The van der Waals surface area contributed by atoms with Gasteiger partial charge in [-0.25, -0.2) is 9.50 Å². The van der Waals surface area contributed by atoms with Crippen LogP contribution in [-0.2, 0) is 14.9 Å². The van der Waals surface area contributed by atoms with Crippen molar-refractivity contribution in [2.24, 2.45) is 0 Å². The highest BCUT2D eigenvalue weighted by Crippen LogP contribution is 2.37. The predicted octanol–water partition coefficient (Wildman–Crippen LogP) is 5.54. The Labute approximate surface area is 182 Å². The average Bonchev–Trinajstić information content (AvgIpc) is 3.36. The Balaban J connectivity index is 2.08. The van der Waals surface area contributed by atoms with E-state index in [1.165, 1.54) is 7.11 Å². The molecule has 0 amide bonds. The number of aryl methyl sites for hydroxylation is 1. The molecule has 1 N–H and O–H groups in total. The third-order valence-electron chi connectivity index (χ3n) is 5.84. The Morgan fingerprint density at radius 3 is 2.68 bits per heavy atom. The largest absolute Gasteiger partial charge is 0.469 e. The standard InChI is InChI=1S/C25H30N4O2/c1-7-8-18(24(30)31-6)22-15(2)27-21-14-20(25(3,4)5)28-29(21)23(22)17-9-10-19-16(13-17)11-12-26-19/h9-14,18,26H,7-8H2,1-6H3. The molecule has 0 radical (unpaired) electrons. The Bertz CT molecular complexity index is 1260. The number of methoxy groups -OCH3 is 1. The van der Waals surface area contributed by atoms with Crippen LogP contribution in [0.2, 0.25) is 0 Å². The van der Waals surface area contributed by atoms with Crippen molar-refractivity contribution in [3.63, 3.8) is 0 Å². The lowest BCUT2D eigenvalue weighted by atomic mass is 9.89. The van der Waals surface area contributed by atoms with Gasteiger partial charge in [0.25, 0.3) is 0 Å². The third kappa shape index (κ3) is 3.71. The molecule has 0 bridgehead atoms. The first-order valence-corrected chi connectivity index (χ1v) is 10.8. The van der Waals surface area contributed by atoms with Crippen LogP contribution in [0.5, 0.6) is 0 Å². The summed E-state index contributed by atoms with van der Waals surface area (Å²) < 4.78 is 7.10. The fourth-order valence-electron chi connectivity index (χ4n) is 4.21. The van der Waals surface area contributed by atoms with Crippen LogP contribution in [0.3, 0.4) is 0 Å². The maximum atomic E-state index is 12.8. The van der Waals surface area contributed by atoms with Crippen LogP contribution in [0, 0.1) is 6.92 Å². The molecular weight excluding hydrogens is 388 g/mol. The van der Waals surface area contributed by atoms with E-state index in [2.05, 4.69) is 56.9 Å². The molecule has 0 spiro atoms. The normalized spacial score (nSPS) is 13.1. The molecule has 0 saturated heterocycles. The predicted molar refractivity (Wildman–Crippen MR) is 123 cm³/mol. The van der Waals surface area contributed by atoms with Crippen molar-refractivity contribution in [2.45, 2.75) is 58.8 Å². The summed E-state index contributed by atoms with van der Waals surface area (Å²) >= 11 is 0. The molecule has 6 nitrogen and oxygen atoms in total.